The molecule has 0 bridgehead atoms. The molecule has 1 unspecified atom stereocenters. The summed E-state index contributed by atoms with van der Waals surface area (Å²) in [7, 11) is -3.65. The maximum atomic E-state index is 11.3. The zero-order chi connectivity index (χ0) is 10.9. The van der Waals surface area contributed by atoms with Gasteiger partial charge in [0.1, 0.15) is 0 Å². The van der Waals surface area contributed by atoms with E-state index in [4.69, 9.17) is 9.88 Å². The van der Waals surface area contributed by atoms with Crippen LogP contribution in [0, 0.1) is 0 Å². The first-order valence-corrected chi connectivity index (χ1v) is 6.37. The standard InChI is InChI=1S/C10H13NO3S/c11-15(12,13)10-6-2-1-4-8(10)9-5-3-7-14-9/h1-2,4,6,9H,3,5,7H2,(H2,11,12,13). The quantitative estimate of drug-likeness (QED) is 0.825. The minimum atomic E-state index is -3.65. The fourth-order valence-electron chi connectivity index (χ4n) is 1.83. The van der Waals surface area contributed by atoms with Crippen LogP contribution in [0.5, 0.6) is 0 Å². The Labute approximate surface area is 89.1 Å². The van der Waals surface area contributed by atoms with E-state index in [1.807, 2.05) is 0 Å². The molecule has 4 nitrogen and oxygen atoms in total. The van der Waals surface area contributed by atoms with Crippen molar-refractivity contribution < 1.29 is 13.2 Å². The summed E-state index contributed by atoms with van der Waals surface area (Å²) < 4.78 is 28.1. The summed E-state index contributed by atoms with van der Waals surface area (Å²) in [5.41, 5.74) is 0.678. The van der Waals surface area contributed by atoms with Crippen LogP contribution < -0.4 is 5.14 Å². The second-order valence-electron chi connectivity index (χ2n) is 3.58. The van der Waals surface area contributed by atoms with E-state index in [0.717, 1.165) is 12.8 Å². The van der Waals surface area contributed by atoms with Crippen molar-refractivity contribution in [3.8, 4) is 0 Å². The van der Waals surface area contributed by atoms with Gasteiger partial charge in [-0.15, -0.1) is 0 Å². The van der Waals surface area contributed by atoms with E-state index in [0.29, 0.717) is 12.2 Å². The molecule has 0 amide bonds. The molecule has 1 aliphatic rings. The van der Waals surface area contributed by atoms with E-state index in [2.05, 4.69) is 0 Å². The monoisotopic (exact) mass is 227 g/mol. The van der Waals surface area contributed by atoms with Gasteiger partial charge in [0, 0.05) is 12.2 Å². The zero-order valence-corrected chi connectivity index (χ0v) is 9.03. The molecule has 15 heavy (non-hydrogen) atoms. The Morgan fingerprint density at radius 1 is 1.33 bits per heavy atom. The predicted octanol–water partition coefficient (Wildman–Crippen LogP) is 1.19. The number of primary sulfonamides is 1. The van der Waals surface area contributed by atoms with Crippen LogP contribution in [0.4, 0.5) is 0 Å². The molecule has 1 fully saturated rings. The molecular weight excluding hydrogens is 214 g/mol. The van der Waals surface area contributed by atoms with Crippen molar-refractivity contribution >= 4 is 10.0 Å². The molecule has 0 radical (unpaired) electrons. The van der Waals surface area contributed by atoms with Crippen molar-refractivity contribution in [1.82, 2.24) is 0 Å². The number of benzene rings is 1. The fourth-order valence-corrected chi connectivity index (χ4v) is 2.62. The van der Waals surface area contributed by atoms with Crippen LogP contribution in [0.2, 0.25) is 0 Å². The Balaban J connectivity index is 2.46. The lowest BCUT2D eigenvalue weighted by Gasteiger charge is -2.13. The molecule has 0 aliphatic carbocycles. The summed E-state index contributed by atoms with van der Waals surface area (Å²) in [5, 5.41) is 5.14. The molecular formula is C10H13NO3S. The van der Waals surface area contributed by atoms with Gasteiger partial charge in [0.05, 0.1) is 11.0 Å². The minimum absolute atomic E-state index is 0.125. The van der Waals surface area contributed by atoms with E-state index in [1.54, 1.807) is 18.2 Å². The highest BCUT2D eigenvalue weighted by molar-refractivity contribution is 7.89. The van der Waals surface area contributed by atoms with E-state index in [-0.39, 0.29) is 11.0 Å². The molecule has 5 heteroatoms. The van der Waals surface area contributed by atoms with Crippen molar-refractivity contribution in [3.63, 3.8) is 0 Å². The summed E-state index contributed by atoms with van der Waals surface area (Å²) in [6.07, 6.45) is 1.69. The average molecular weight is 227 g/mol. The second kappa shape index (κ2) is 3.92. The molecule has 2 N–H and O–H groups in total. The van der Waals surface area contributed by atoms with Crippen LogP contribution in [0.3, 0.4) is 0 Å². The van der Waals surface area contributed by atoms with Gasteiger partial charge >= 0.3 is 0 Å². The Hall–Kier alpha value is -0.910. The summed E-state index contributed by atoms with van der Waals surface area (Å²) >= 11 is 0. The number of rotatable bonds is 2. The maximum absolute atomic E-state index is 11.3. The largest absolute Gasteiger partial charge is 0.373 e. The van der Waals surface area contributed by atoms with Crippen LogP contribution in [-0.4, -0.2) is 15.0 Å². The highest BCUT2D eigenvalue weighted by atomic mass is 32.2. The zero-order valence-electron chi connectivity index (χ0n) is 8.22. The lowest BCUT2D eigenvalue weighted by Crippen LogP contribution is -2.15. The van der Waals surface area contributed by atoms with Gasteiger partial charge < -0.3 is 4.74 Å². The number of hydrogen-bond donors (Lipinski definition) is 1. The van der Waals surface area contributed by atoms with E-state index >= 15 is 0 Å². The number of hydrogen-bond acceptors (Lipinski definition) is 3. The average Bonchev–Trinajstić information content (AvgIpc) is 2.69. The maximum Gasteiger partial charge on any atom is 0.238 e. The molecule has 0 spiro atoms. The van der Waals surface area contributed by atoms with Crippen molar-refractivity contribution in [2.24, 2.45) is 5.14 Å². The van der Waals surface area contributed by atoms with Crippen molar-refractivity contribution in [2.75, 3.05) is 6.61 Å². The Kier molecular flexibility index (Phi) is 2.77. The molecule has 1 heterocycles. The first kappa shape index (κ1) is 10.6. The lowest BCUT2D eigenvalue weighted by atomic mass is 10.1. The third kappa shape index (κ3) is 2.19. The summed E-state index contributed by atoms with van der Waals surface area (Å²) in [5.74, 6) is 0. The van der Waals surface area contributed by atoms with Crippen LogP contribution in [0.1, 0.15) is 24.5 Å². The van der Waals surface area contributed by atoms with Crippen LogP contribution >= 0.6 is 0 Å². The summed E-state index contributed by atoms with van der Waals surface area (Å²) in [4.78, 5) is 0.178. The van der Waals surface area contributed by atoms with Crippen LogP contribution in [0.25, 0.3) is 0 Å². The third-order valence-electron chi connectivity index (χ3n) is 2.50. The van der Waals surface area contributed by atoms with Gasteiger partial charge in [0.25, 0.3) is 0 Å². The Morgan fingerprint density at radius 3 is 2.67 bits per heavy atom. The first-order valence-electron chi connectivity index (χ1n) is 4.82. The number of nitrogens with two attached hydrogens (primary N) is 1. The highest BCUT2D eigenvalue weighted by Gasteiger charge is 2.23. The third-order valence-corrected chi connectivity index (χ3v) is 3.49. The summed E-state index contributed by atoms with van der Waals surface area (Å²) in [6.45, 7) is 0.684. The highest BCUT2D eigenvalue weighted by Crippen LogP contribution is 2.32. The van der Waals surface area contributed by atoms with Crippen molar-refractivity contribution in [1.29, 1.82) is 0 Å². The molecule has 0 aromatic heterocycles. The summed E-state index contributed by atoms with van der Waals surface area (Å²) in [6, 6.07) is 6.74. The van der Waals surface area contributed by atoms with Crippen molar-refractivity contribution in [3.05, 3.63) is 29.8 Å². The molecule has 82 valence electrons. The second-order valence-corrected chi connectivity index (χ2v) is 5.11. The fraction of sp³-hybridized carbons (Fsp3) is 0.400. The Morgan fingerprint density at radius 2 is 2.07 bits per heavy atom. The SMILES string of the molecule is NS(=O)(=O)c1ccccc1C1CCCO1. The van der Waals surface area contributed by atoms with E-state index in [1.165, 1.54) is 6.07 Å². The van der Waals surface area contributed by atoms with E-state index in [9.17, 15) is 8.42 Å². The number of ether oxygens (including phenoxy) is 1. The van der Waals surface area contributed by atoms with Gasteiger partial charge in [-0.2, -0.15) is 0 Å². The molecule has 0 saturated carbocycles. The molecule has 1 aromatic carbocycles. The van der Waals surface area contributed by atoms with E-state index < -0.39 is 10.0 Å². The number of sulfonamides is 1. The first-order chi connectivity index (χ1) is 7.09. The molecule has 1 atom stereocenters. The van der Waals surface area contributed by atoms with Gasteiger partial charge in [-0.3, -0.25) is 0 Å². The predicted molar refractivity (Wildman–Crippen MR) is 55.7 cm³/mol. The molecule has 1 aromatic rings. The topological polar surface area (TPSA) is 69.4 Å². The minimum Gasteiger partial charge on any atom is -0.373 e. The Bertz CT molecular complexity index is 449. The van der Waals surface area contributed by atoms with Gasteiger partial charge in [0.2, 0.25) is 10.0 Å². The molecule has 2 rings (SSSR count). The van der Waals surface area contributed by atoms with Crippen LogP contribution in [0.15, 0.2) is 29.2 Å². The lowest BCUT2D eigenvalue weighted by molar-refractivity contribution is 0.110. The smallest absolute Gasteiger partial charge is 0.238 e. The van der Waals surface area contributed by atoms with Gasteiger partial charge in [-0.25, -0.2) is 13.6 Å². The van der Waals surface area contributed by atoms with Gasteiger partial charge in [-0.05, 0) is 18.9 Å². The van der Waals surface area contributed by atoms with Gasteiger partial charge in [-0.1, -0.05) is 18.2 Å². The van der Waals surface area contributed by atoms with Crippen LogP contribution in [-0.2, 0) is 14.8 Å². The normalized spacial score (nSPS) is 21.8. The molecule has 1 aliphatic heterocycles. The molecule has 1 saturated heterocycles. The van der Waals surface area contributed by atoms with Crippen molar-refractivity contribution in [2.45, 2.75) is 23.8 Å². The van der Waals surface area contributed by atoms with Gasteiger partial charge in [0.15, 0.2) is 0 Å².